The number of aromatic nitrogens is 1. The summed E-state index contributed by atoms with van der Waals surface area (Å²) in [7, 11) is 0. The predicted molar refractivity (Wildman–Crippen MR) is 141 cm³/mol. The van der Waals surface area contributed by atoms with Crippen molar-refractivity contribution in [3.8, 4) is 0 Å². The van der Waals surface area contributed by atoms with E-state index in [1.807, 2.05) is 32.2 Å². The zero-order chi connectivity index (χ0) is 26.6. The molecule has 0 bridgehead atoms. The van der Waals surface area contributed by atoms with E-state index in [0.29, 0.717) is 6.42 Å². The number of carbonyl (C=O) groups excluding carboxylic acids is 3. The SMILES string of the molecule is C/C1=C/C[C@@H](/C(C)=C/c2csc(C)n2)OC(=O)C[C@@H]2NC(=O)C[C@@]2(C)C(=O)[C@H](C)[C@@H](O)[C@@H](C)CCC1. The van der Waals surface area contributed by atoms with Gasteiger partial charge in [-0.25, -0.2) is 4.98 Å². The Bertz CT molecular complexity index is 1040. The summed E-state index contributed by atoms with van der Waals surface area (Å²) in [5.41, 5.74) is 1.84. The summed E-state index contributed by atoms with van der Waals surface area (Å²) in [6.07, 6.45) is 5.76. The zero-order valence-corrected chi connectivity index (χ0v) is 23.1. The quantitative estimate of drug-likeness (QED) is 0.433. The fourth-order valence-corrected chi connectivity index (χ4v) is 5.89. The maximum absolute atomic E-state index is 13.6. The number of fused-ring (bicyclic) bond motifs is 1. The van der Waals surface area contributed by atoms with E-state index in [-0.39, 0.29) is 30.4 Å². The summed E-state index contributed by atoms with van der Waals surface area (Å²) in [4.78, 5) is 43.5. The van der Waals surface area contributed by atoms with Crippen LogP contribution in [0.5, 0.6) is 0 Å². The third kappa shape index (κ3) is 6.71. The Morgan fingerprint density at radius 2 is 2.00 bits per heavy atom. The number of nitrogens with one attached hydrogen (secondary N) is 1. The maximum Gasteiger partial charge on any atom is 0.308 e. The highest BCUT2D eigenvalue weighted by molar-refractivity contribution is 7.09. The lowest BCUT2D eigenvalue weighted by Crippen LogP contribution is -2.47. The first-order valence-electron chi connectivity index (χ1n) is 12.9. The molecule has 1 amide bonds. The summed E-state index contributed by atoms with van der Waals surface area (Å²) < 4.78 is 5.94. The van der Waals surface area contributed by atoms with E-state index >= 15 is 0 Å². The number of hydrogen-bond acceptors (Lipinski definition) is 7. The fraction of sp³-hybridized carbons (Fsp3) is 0.643. The van der Waals surface area contributed by atoms with E-state index < -0.39 is 35.6 Å². The number of nitrogens with zero attached hydrogens (tertiary/aromatic N) is 1. The number of aliphatic hydroxyl groups is 1. The van der Waals surface area contributed by atoms with Crippen molar-refractivity contribution < 1.29 is 24.2 Å². The Balaban J connectivity index is 1.91. The second kappa shape index (κ2) is 11.8. The molecule has 0 aliphatic carbocycles. The molecule has 7 nitrogen and oxygen atoms in total. The molecule has 0 aromatic carbocycles. The van der Waals surface area contributed by atoms with Crippen molar-refractivity contribution in [2.24, 2.45) is 17.3 Å². The highest BCUT2D eigenvalue weighted by atomic mass is 32.1. The Labute approximate surface area is 218 Å². The molecule has 198 valence electrons. The minimum atomic E-state index is -1.08. The number of ketones is 1. The molecule has 1 fully saturated rings. The lowest BCUT2D eigenvalue weighted by molar-refractivity contribution is -0.149. The van der Waals surface area contributed by atoms with Crippen LogP contribution in [0.1, 0.15) is 83.8 Å². The molecule has 1 saturated heterocycles. The summed E-state index contributed by atoms with van der Waals surface area (Å²) in [6.45, 7) is 11.4. The molecule has 2 aliphatic heterocycles. The first kappa shape index (κ1) is 28.3. The Morgan fingerprint density at radius 1 is 1.28 bits per heavy atom. The van der Waals surface area contributed by atoms with Crippen molar-refractivity contribution in [2.75, 3.05) is 0 Å². The van der Waals surface area contributed by atoms with Crippen molar-refractivity contribution in [3.05, 3.63) is 33.3 Å². The Morgan fingerprint density at radius 3 is 2.67 bits per heavy atom. The number of carbonyl (C=O) groups is 3. The summed E-state index contributed by atoms with van der Waals surface area (Å²) in [5, 5.41) is 16.7. The number of aryl methyl sites for hydroxylation is 1. The van der Waals surface area contributed by atoms with Crippen LogP contribution in [0.25, 0.3) is 6.08 Å². The number of allylic oxidation sites excluding steroid dienone is 1. The van der Waals surface area contributed by atoms with Gasteiger partial charge in [-0.05, 0) is 57.6 Å². The van der Waals surface area contributed by atoms with Gasteiger partial charge in [0, 0.05) is 24.1 Å². The largest absolute Gasteiger partial charge is 0.457 e. The Kier molecular flexibility index (Phi) is 9.28. The topological polar surface area (TPSA) is 106 Å². The molecule has 8 heteroatoms. The highest BCUT2D eigenvalue weighted by Crippen LogP contribution is 2.39. The van der Waals surface area contributed by atoms with Gasteiger partial charge >= 0.3 is 5.97 Å². The van der Waals surface area contributed by atoms with Crippen LogP contribution in [0.2, 0.25) is 0 Å². The van der Waals surface area contributed by atoms with Crippen molar-refractivity contribution in [3.63, 3.8) is 0 Å². The normalized spacial score (nSPS) is 35.0. The second-order valence-electron chi connectivity index (χ2n) is 10.9. The molecule has 0 saturated carbocycles. The van der Waals surface area contributed by atoms with Gasteiger partial charge in [-0.15, -0.1) is 11.3 Å². The average Bonchev–Trinajstić information content (AvgIpc) is 3.35. The smallest absolute Gasteiger partial charge is 0.308 e. The molecule has 2 N–H and O–H groups in total. The third-order valence-corrected chi connectivity index (χ3v) is 8.57. The molecule has 36 heavy (non-hydrogen) atoms. The van der Waals surface area contributed by atoms with Gasteiger partial charge in [0.15, 0.2) is 0 Å². The first-order valence-corrected chi connectivity index (χ1v) is 13.8. The number of cyclic esters (lactones) is 1. The van der Waals surface area contributed by atoms with Gasteiger partial charge in [0.05, 0.1) is 34.7 Å². The molecule has 6 atom stereocenters. The standard InChI is InChI=1S/C28H40N2O5S/c1-16-8-7-9-17(2)26(33)19(4)27(34)28(6)14-24(31)30-23(28)13-25(32)35-22(11-10-16)18(3)12-21-15-36-20(5)29-21/h10,12,15,17,19,22-23,26,33H,7-9,11,13-14H2,1-6H3,(H,30,31)/b16-10-,18-12+/t17-,19+,22-,23-,26-,28+/m0/s1. The number of aliphatic hydroxyl groups excluding tert-OH is 1. The maximum atomic E-state index is 13.6. The van der Waals surface area contributed by atoms with Gasteiger partial charge in [0.2, 0.25) is 5.91 Å². The van der Waals surface area contributed by atoms with Crippen LogP contribution in [-0.2, 0) is 19.1 Å². The van der Waals surface area contributed by atoms with Crippen LogP contribution >= 0.6 is 11.3 Å². The molecule has 0 unspecified atom stereocenters. The molecule has 2 aliphatic rings. The van der Waals surface area contributed by atoms with Crippen molar-refractivity contribution in [1.82, 2.24) is 10.3 Å². The number of rotatable bonds is 2. The number of hydrogen-bond donors (Lipinski definition) is 2. The van der Waals surface area contributed by atoms with Crippen LogP contribution in [0.4, 0.5) is 0 Å². The summed E-state index contributed by atoms with van der Waals surface area (Å²) in [5.74, 6) is -1.61. The molecule has 1 aromatic rings. The summed E-state index contributed by atoms with van der Waals surface area (Å²) in [6, 6.07) is -0.675. The van der Waals surface area contributed by atoms with Crippen LogP contribution in [-0.4, -0.2) is 46.0 Å². The average molecular weight is 517 g/mol. The molecule has 1 aromatic heterocycles. The second-order valence-corrected chi connectivity index (χ2v) is 11.9. The third-order valence-electron chi connectivity index (χ3n) is 7.78. The summed E-state index contributed by atoms with van der Waals surface area (Å²) >= 11 is 1.57. The van der Waals surface area contributed by atoms with Gasteiger partial charge in [-0.2, -0.15) is 0 Å². The molecule has 0 spiro atoms. The van der Waals surface area contributed by atoms with Gasteiger partial charge in [0.25, 0.3) is 0 Å². The van der Waals surface area contributed by atoms with Gasteiger partial charge < -0.3 is 15.2 Å². The van der Waals surface area contributed by atoms with E-state index in [9.17, 15) is 19.5 Å². The fourth-order valence-electron chi connectivity index (χ4n) is 5.32. The van der Waals surface area contributed by atoms with Crippen LogP contribution in [0.3, 0.4) is 0 Å². The minimum Gasteiger partial charge on any atom is -0.457 e. The van der Waals surface area contributed by atoms with E-state index in [1.54, 1.807) is 25.2 Å². The molecular weight excluding hydrogens is 476 g/mol. The minimum absolute atomic E-state index is 0.00267. The van der Waals surface area contributed by atoms with Crippen molar-refractivity contribution >= 4 is 35.1 Å². The van der Waals surface area contributed by atoms with E-state index in [1.165, 1.54) is 5.57 Å². The van der Waals surface area contributed by atoms with E-state index in [4.69, 9.17) is 4.74 Å². The molecule has 3 rings (SSSR count). The van der Waals surface area contributed by atoms with Gasteiger partial charge in [0.1, 0.15) is 11.9 Å². The monoisotopic (exact) mass is 516 g/mol. The number of thiazole rings is 1. The molecule has 0 radical (unpaired) electrons. The lowest BCUT2D eigenvalue weighted by Gasteiger charge is -2.34. The van der Waals surface area contributed by atoms with Crippen LogP contribution < -0.4 is 5.32 Å². The molecule has 3 heterocycles. The van der Waals surface area contributed by atoms with Crippen molar-refractivity contribution in [2.45, 2.75) is 98.3 Å². The first-order chi connectivity index (χ1) is 16.9. The van der Waals surface area contributed by atoms with E-state index in [0.717, 1.165) is 35.5 Å². The zero-order valence-electron chi connectivity index (χ0n) is 22.3. The van der Waals surface area contributed by atoms with Crippen molar-refractivity contribution in [1.29, 1.82) is 0 Å². The van der Waals surface area contributed by atoms with Gasteiger partial charge in [-0.1, -0.05) is 32.4 Å². The van der Waals surface area contributed by atoms with E-state index in [2.05, 4.69) is 23.3 Å². The lowest BCUT2D eigenvalue weighted by atomic mass is 9.70. The highest BCUT2D eigenvalue weighted by Gasteiger charge is 2.51. The van der Waals surface area contributed by atoms with Crippen LogP contribution in [0.15, 0.2) is 22.6 Å². The number of esters is 1. The number of Topliss-reactive ketones (excluding diaryl/α,β-unsaturated/α-hetero) is 1. The van der Waals surface area contributed by atoms with Gasteiger partial charge in [-0.3, -0.25) is 14.4 Å². The molecular formula is C28H40N2O5S. The van der Waals surface area contributed by atoms with Crippen LogP contribution in [0, 0.1) is 24.2 Å². The number of amides is 1. The Hall–Kier alpha value is -2.32. The number of ether oxygens (including phenoxy) is 1. The predicted octanol–water partition coefficient (Wildman–Crippen LogP) is 4.77.